The van der Waals surface area contributed by atoms with E-state index in [2.05, 4.69) is 17.0 Å². The van der Waals surface area contributed by atoms with Crippen LogP contribution in [0.2, 0.25) is 0 Å². The van der Waals surface area contributed by atoms with E-state index in [0.717, 1.165) is 26.1 Å². The summed E-state index contributed by atoms with van der Waals surface area (Å²) in [5, 5.41) is 0. The van der Waals surface area contributed by atoms with Gasteiger partial charge in [0.25, 0.3) is 0 Å². The van der Waals surface area contributed by atoms with Gasteiger partial charge in [0, 0.05) is 13.1 Å². The van der Waals surface area contributed by atoms with Gasteiger partial charge in [-0.05, 0) is 25.5 Å². The summed E-state index contributed by atoms with van der Waals surface area (Å²) in [4.78, 5) is 14.0. The molecular formula is C14H19NO2. The molecule has 17 heavy (non-hydrogen) atoms. The summed E-state index contributed by atoms with van der Waals surface area (Å²) >= 11 is 0. The lowest BCUT2D eigenvalue weighted by molar-refractivity contribution is -0.151. The van der Waals surface area contributed by atoms with Crippen molar-refractivity contribution >= 4 is 5.97 Å². The third-order valence-corrected chi connectivity index (χ3v) is 3.48. The Morgan fingerprint density at radius 1 is 1.41 bits per heavy atom. The van der Waals surface area contributed by atoms with Crippen LogP contribution in [0.4, 0.5) is 0 Å². The molecule has 3 nitrogen and oxygen atoms in total. The predicted molar refractivity (Wildman–Crippen MR) is 66.5 cm³/mol. The van der Waals surface area contributed by atoms with Gasteiger partial charge in [-0.15, -0.1) is 0 Å². The van der Waals surface area contributed by atoms with Gasteiger partial charge in [-0.25, -0.2) is 0 Å². The zero-order chi connectivity index (χ0) is 12.3. The van der Waals surface area contributed by atoms with Crippen molar-refractivity contribution in [3.8, 4) is 0 Å². The van der Waals surface area contributed by atoms with Crippen LogP contribution in [-0.2, 0) is 16.1 Å². The van der Waals surface area contributed by atoms with Crippen LogP contribution < -0.4 is 0 Å². The number of rotatable bonds is 3. The molecule has 2 rings (SSSR count). The molecule has 1 atom stereocenters. The molecule has 1 fully saturated rings. The fourth-order valence-electron chi connectivity index (χ4n) is 2.45. The normalized spacial score (nSPS) is 24.8. The first kappa shape index (κ1) is 12.1. The Balaban J connectivity index is 1.97. The molecule has 0 radical (unpaired) electrons. The molecule has 0 spiro atoms. The van der Waals surface area contributed by atoms with Crippen molar-refractivity contribution in [2.75, 3.05) is 20.2 Å². The van der Waals surface area contributed by atoms with Crippen molar-refractivity contribution in [3.63, 3.8) is 0 Å². The van der Waals surface area contributed by atoms with Crippen molar-refractivity contribution in [2.24, 2.45) is 5.41 Å². The van der Waals surface area contributed by atoms with Gasteiger partial charge in [0.1, 0.15) is 0 Å². The van der Waals surface area contributed by atoms with Crippen LogP contribution >= 0.6 is 0 Å². The summed E-state index contributed by atoms with van der Waals surface area (Å²) in [6.07, 6.45) is 0.881. The first-order chi connectivity index (χ1) is 8.14. The lowest BCUT2D eigenvalue weighted by atomic mass is 9.90. The fraction of sp³-hybridized carbons (Fsp3) is 0.500. The molecule has 0 saturated carbocycles. The molecule has 1 heterocycles. The Bertz CT molecular complexity index is 390. The lowest BCUT2D eigenvalue weighted by Crippen LogP contribution is -2.32. The van der Waals surface area contributed by atoms with Crippen molar-refractivity contribution in [3.05, 3.63) is 35.9 Å². The highest BCUT2D eigenvalue weighted by Crippen LogP contribution is 2.31. The Morgan fingerprint density at radius 3 is 2.76 bits per heavy atom. The van der Waals surface area contributed by atoms with Crippen LogP contribution in [0, 0.1) is 5.41 Å². The summed E-state index contributed by atoms with van der Waals surface area (Å²) in [5.41, 5.74) is 0.963. The highest BCUT2D eigenvalue weighted by atomic mass is 16.5. The van der Waals surface area contributed by atoms with Crippen molar-refractivity contribution in [1.82, 2.24) is 4.90 Å². The van der Waals surface area contributed by atoms with Gasteiger partial charge in [-0.3, -0.25) is 9.69 Å². The third kappa shape index (κ3) is 2.67. The van der Waals surface area contributed by atoms with E-state index < -0.39 is 0 Å². The topological polar surface area (TPSA) is 29.5 Å². The smallest absolute Gasteiger partial charge is 0.312 e. The van der Waals surface area contributed by atoms with Crippen LogP contribution in [0.5, 0.6) is 0 Å². The Morgan fingerprint density at radius 2 is 2.12 bits per heavy atom. The number of hydrogen-bond donors (Lipinski definition) is 0. The Kier molecular flexibility index (Phi) is 3.48. The largest absolute Gasteiger partial charge is 0.469 e. The molecule has 1 aromatic rings. The average Bonchev–Trinajstić information content (AvgIpc) is 2.72. The molecule has 1 aromatic carbocycles. The predicted octanol–water partition coefficient (Wildman–Crippen LogP) is 2.07. The summed E-state index contributed by atoms with van der Waals surface area (Å²) in [5.74, 6) is -0.0898. The first-order valence-electron chi connectivity index (χ1n) is 5.99. The number of nitrogens with zero attached hydrogens (tertiary/aromatic N) is 1. The van der Waals surface area contributed by atoms with Gasteiger partial charge in [0.15, 0.2) is 0 Å². The zero-order valence-corrected chi connectivity index (χ0v) is 10.5. The van der Waals surface area contributed by atoms with Crippen molar-refractivity contribution in [2.45, 2.75) is 19.9 Å². The number of methoxy groups -OCH3 is 1. The lowest BCUT2D eigenvalue weighted by Gasteiger charge is -2.21. The summed E-state index contributed by atoms with van der Waals surface area (Å²) in [6, 6.07) is 10.4. The molecule has 3 heteroatoms. The van der Waals surface area contributed by atoms with Crippen LogP contribution in [0.15, 0.2) is 30.3 Å². The third-order valence-electron chi connectivity index (χ3n) is 3.48. The van der Waals surface area contributed by atoms with Crippen molar-refractivity contribution < 1.29 is 9.53 Å². The van der Waals surface area contributed by atoms with Crippen LogP contribution in [-0.4, -0.2) is 31.1 Å². The number of esters is 1. The summed E-state index contributed by atoms with van der Waals surface area (Å²) < 4.78 is 4.87. The second-order valence-electron chi connectivity index (χ2n) is 5.00. The minimum absolute atomic E-state index is 0.0898. The molecule has 1 saturated heterocycles. The van der Waals surface area contributed by atoms with Crippen LogP contribution in [0.1, 0.15) is 18.9 Å². The van der Waals surface area contributed by atoms with E-state index in [1.807, 2.05) is 25.1 Å². The van der Waals surface area contributed by atoms with E-state index >= 15 is 0 Å². The quantitative estimate of drug-likeness (QED) is 0.749. The van der Waals surface area contributed by atoms with E-state index in [9.17, 15) is 4.79 Å². The minimum Gasteiger partial charge on any atom is -0.469 e. The second kappa shape index (κ2) is 4.88. The molecule has 0 amide bonds. The highest BCUT2D eigenvalue weighted by molar-refractivity contribution is 5.76. The number of ether oxygens (including phenoxy) is 1. The van der Waals surface area contributed by atoms with E-state index in [-0.39, 0.29) is 11.4 Å². The Hall–Kier alpha value is -1.35. The molecule has 0 N–H and O–H groups in total. The van der Waals surface area contributed by atoms with Crippen LogP contribution in [0.25, 0.3) is 0 Å². The SMILES string of the molecule is COC(=O)[C@]1(C)CCN(Cc2ccccc2)C1. The molecule has 0 unspecified atom stereocenters. The van der Waals surface area contributed by atoms with E-state index in [4.69, 9.17) is 4.74 Å². The van der Waals surface area contributed by atoms with E-state index in [0.29, 0.717) is 0 Å². The van der Waals surface area contributed by atoms with Gasteiger partial charge in [0.05, 0.1) is 12.5 Å². The number of likely N-dealkylation sites (tertiary alicyclic amines) is 1. The Labute approximate surface area is 102 Å². The monoisotopic (exact) mass is 233 g/mol. The first-order valence-corrected chi connectivity index (χ1v) is 5.99. The fourth-order valence-corrected chi connectivity index (χ4v) is 2.45. The molecule has 0 aliphatic carbocycles. The average molecular weight is 233 g/mol. The number of hydrogen-bond acceptors (Lipinski definition) is 3. The molecule has 1 aliphatic rings. The number of benzene rings is 1. The maximum Gasteiger partial charge on any atom is 0.312 e. The summed E-state index contributed by atoms with van der Waals surface area (Å²) in [7, 11) is 1.47. The van der Waals surface area contributed by atoms with E-state index in [1.54, 1.807) is 0 Å². The number of carbonyl (C=O) groups is 1. The highest BCUT2D eigenvalue weighted by Gasteiger charge is 2.41. The van der Waals surface area contributed by atoms with Gasteiger partial charge in [0.2, 0.25) is 0 Å². The van der Waals surface area contributed by atoms with Gasteiger partial charge in [-0.2, -0.15) is 0 Å². The molecule has 92 valence electrons. The van der Waals surface area contributed by atoms with Crippen LogP contribution in [0.3, 0.4) is 0 Å². The van der Waals surface area contributed by atoms with Gasteiger partial charge in [-0.1, -0.05) is 30.3 Å². The summed E-state index contributed by atoms with van der Waals surface area (Å²) in [6.45, 7) is 4.65. The maximum absolute atomic E-state index is 11.7. The zero-order valence-electron chi connectivity index (χ0n) is 10.5. The number of carbonyl (C=O) groups excluding carboxylic acids is 1. The van der Waals surface area contributed by atoms with Crippen molar-refractivity contribution in [1.29, 1.82) is 0 Å². The second-order valence-corrected chi connectivity index (χ2v) is 5.00. The molecule has 1 aliphatic heterocycles. The van der Waals surface area contributed by atoms with E-state index in [1.165, 1.54) is 12.7 Å². The minimum atomic E-state index is -0.330. The van der Waals surface area contributed by atoms with Gasteiger partial charge < -0.3 is 4.74 Å². The molecule has 0 bridgehead atoms. The molecular weight excluding hydrogens is 214 g/mol. The standard InChI is InChI=1S/C14H19NO2/c1-14(13(16)17-2)8-9-15(11-14)10-12-6-4-3-5-7-12/h3-7H,8-11H2,1-2H3/t14-/m1/s1. The maximum atomic E-state index is 11.7. The van der Waals surface area contributed by atoms with Gasteiger partial charge >= 0.3 is 5.97 Å². The molecule has 0 aromatic heterocycles.